The summed E-state index contributed by atoms with van der Waals surface area (Å²) in [5.41, 5.74) is -0.238. The summed E-state index contributed by atoms with van der Waals surface area (Å²) in [5.74, 6) is 0.289. The fourth-order valence-electron chi connectivity index (χ4n) is 2.30. The van der Waals surface area contributed by atoms with Gasteiger partial charge in [0.2, 0.25) is 10.0 Å². The van der Waals surface area contributed by atoms with Crippen LogP contribution in [-0.2, 0) is 14.8 Å². The van der Waals surface area contributed by atoms with Gasteiger partial charge < -0.3 is 9.84 Å². The zero-order valence-electron chi connectivity index (χ0n) is 13.7. The number of amidine groups is 1. The molecule has 1 heterocycles. The Morgan fingerprint density at radius 3 is 2.55 bits per heavy atom. The molecular weight excluding hydrogens is 304 g/mol. The van der Waals surface area contributed by atoms with Gasteiger partial charge in [0.05, 0.1) is 11.8 Å². The maximum Gasteiger partial charge on any atom is 0.299 e. The zero-order chi connectivity index (χ0) is 16.8. The fraction of sp³-hybridized carbons (Fsp3) is 0.667. The summed E-state index contributed by atoms with van der Waals surface area (Å²) in [6.07, 6.45) is 5.15. The molecule has 2 aliphatic rings. The summed E-state index contributed by atoms with van der Waals surface area (Å²) < 4.78 is 31.9. The largest absolute Gasteiger partial charge is 0.512 e. The van der Waals surface area contributed by atoms with Crippen LogP contribution in [-0.4, -0.2) is 35.9 Å². The molecule has 0 bridgehead atoms. The second kappa shape index (κ2) is 5.30. The molecule has 0 radical (unpaired) electrons. The van der Waals surface area contributed by atoms with Gasteiger partial charge >= 0.3 is 0 Å². The Hall–Kier alpha value is -1.50. The quantitative estimate of drug-likeness (QED) is 0.815. The van der Waals surface area contributed by atoms with Gasteiger partial charge in [0, 0.05) is 12.0 Å². The lowest BCUT2D eigenvalue weighted by atomic mass is 9.93. The van der Waals surface area contributed by atoms with E-state index in [1.54, 1.807) is 34.6 Å². The van der Waals surface area contributed by atoms with Crippen LogP contribution in [0.5, 0.6) is 0 Å². The van der Waals surface area contributed by atoms with Gasteiger partial charge in [-0.2, -0.15) is 0 Å². The highest BCUT2D eigenvalue weighted by Gasteiger charge is 2.54. The minimum atomic E-state index is -3.61. The van der Waals surface area contributed by atoms with E-state index in [0.29, 0.717) is 12.0 Å². The average molecular weight is 328 g/mol. The van der Waals surface area contributed by atoms with Crippen molar-refractivity contribution in [3.63, 3.8) is 0 Å². The number of aliphatic hydroxyl groups is 1. The molecule has 0 aromatic heterocycles. The number of nitrogens with zero attached hydrogens (tertiary/aromatic N) is 1. The predicted octanol–water partition coefficient (Wildman–Crippen LogP) is 2.40. The smallest absolute Gasteiger partial charge is 0.299 e. The number of aliphatic imine (C=N–C) groups is 1. The van der Waals surface area contributed by atoms with Crippen LogP contribution >= 0.6 is 0 Å². The van der Waals surface area contributed by atoms with Crippen molar-refractivity contribution in [1.29, 1.82) is 0 Å². The second-order valence-corrected chi connectivity index (χ2v) is 8.91. The third kappa shape index (κ3) is 2.74. The lowest BCUT2D eigenvalue weighted by Gasteiger charge is -2.44. The number of allylic oxidation sites excluding steroid dienone is 2. The van der Waals surface area contributed by atoms with Crippen molar-refractivity contribution in [1.82, 2.24) is 4.72 Å². The fourth-order valence-corrected chi connectivity index (χ4v) is 3.57. The molecule has 1 aliphatic heterocycles. The highest BCUT2D eigenvalue weighted by atomic mass is 32.2. The van der Waals surface area contributed by atoms with Crippen molar-refractivity contribution >= 4 is 16.0 Å². The normalized spacial score (nSPS) is 28.9. The molecule has 1 atom stereocenters. The number of rotatable bonds is 2. The van der Waals surface area contributed by atoms with Crippen molar-refractivity contribution < 1.29 is 18.3 Å². The Morgan fingerprint density at radius 1 is 1.36 bits per heavy atom. The highest BCUT2D eigenvalue weighted by molar-refractivity contribution is 7.91. The van der Waals surface area contributed by atoms with Crippen LogP contribution in [0.2, 0.25) is 0 Å². The molecule has 0 amide bonds. The number of sulfonamides is 1. The summed E-state index contributed by atoms with van der Waals surface area (Å²) in [6, 6.07) is -0.428. The van der Waals surface area contributed by atoms with E-state index in [1.807, 2.05) is 12.2 Å². The van der Waals surface area contributed by atoms with Gasteiger partial charge in [0.25, 0.3) is 6.02 Å². The first kappa shape index (κ1) is 16.9. The molecule has 0 aromatic carbocycles. The number of hydrogen-bond acceptors (Lipinski definition) is 5. The molecule has 2 N–H and O–H groups in total. The van der Waals surface area contributed by atoms with Gasteiger partial charge in [0.1, 0.15) is 10.3 Å². The first-order valence-corrected chi connectivity index (χ1v) is 8.84. The van der Waals surface area contributed by atoms with Crippen LogP contribution in [0.4, 0.5) is 0 Å². The van der Waals surface area contributed by atoms with Crippen LogP contribution < -0.4 is 4.72 Å². The van der Waals surface area contributed by atoms with Gasteiger partial charge in [-0.3, -0.25) is 0 Å². The molecule has 0 spiro atoms. The minimum absolute atomic E-state index is 0.0314. The third-order valence-electron chi connectivity index (χ3n) is 4.63. The molecule has 7 heteroatoms. The molecule has 0 aromatic rings. The number of ether oxygens (including phenoxy) is 1. The van der Waals surface area contributed by atoms with Gasteiger partial charge in [-0.15, -0.1) is 0 Å². The maximum absolute atomic E-state index is 12.4. The van der Waals surface area contributed by atoms with E-state index < -0.39 is 26.4 Å². The van der Waals surface area contributed by atoms with E-state index in [2.05, 4.69) is 9.71 Å². The van der Waals surface area contributed by atoms with Crippen molar-refractivity contribution in [2.75, 3.05) is 0 Å². The van der Waals surface area contributed by atoms with E-state index in [9.17, 15) is 13.5 Å². The summed E-state index contributed by atoms with van der Waals surface area (Å²) in [5, 5.41) is 9.94. The molecule has 0 unspecified atom stereocenters. The SMILES string of the molecule is C[C@H](N=C1NS(=O)(=O)C(C)(C)C(C)(C)O1)C1=C(O)CCC=C1. The van der Waals surface area contributed by atoms with Gasteiger partial charge in [-0.25, -0.2) is 18.1 Å². The number of aliphatic hydroxyl groups excluding tert-OH is 1. The van der Waals surface area contributed by atoms with Crippen molar-refractivity contribution in [3.05, 3.63) is 23.5 Å². The summed E-state index contributed by atoms with van der Waals surface area (Å²) in [6.45, 7) is 8.48. The Kier molecular flexibility index (Phi) is 4.06. The standard InChI is InChI=1S/C15H24N2O4S/c1-10(11-8-6-7-9-12(11)18)16-13-17-22(19,20)15(4,5)14(2,3)21-13/h6,8,10,18H,7,9H2,1-5H3,(H,16,17)/t10-/m0/s1. The van der Waals surface area contributed by atoms with Crippen LogP contribution in [0.25, 0.3) is 0 Å². The molecule has 6 nitrogen and oxygen atoms in total. The zero-order valence-corrected chi connectivity index (χ0v) is 14.5. The molecule has 1 fully saturated rings. The average Bonchev–Trinajstić information content (AvgIpc) is 2.36. The number of nitrogens with one attached hydrogen (secondary N) is 1. The van der Waals surface area contributed by atoms with Gasteiger partial charge in [0.15, 0.2) is 0 Å². The van der Waals surface area contributed by atoms with E-state index in [-0.39, 0.29) is 11.8 Å². The summed E-state index contributed by atoms with van der Waals surface area (Å²) >= 11 is 0. The van der Waals surface area contributed by atoms with Crippen LogP contribution in [0.1, 0.15) is 47.5 Å². The van der Waals surface area contributed by atoms with Crippen LogP contribution in [0, 0.1) is 0 Å². The van der Waals surface area contributed by atoms with Gasteiger partial charge in [-0.1, -0.05) is 12.2 Å². The Balaban J connectivity index is 2.33. The Morgan fingerprint density at radius 2 is 2.00 bits per heavy atom. The lowest BCUT2D eigenvalue weighted by molar-refractivity contribution is 0.0467. The molecule has 22 heavy (non-hydrogen) atoms. The Bertz CT molecular complexity index is 657. The molecule has 2 rings (SSSR count). The second-order valence-electron chi connectivity index (χ2n) is 6.68. The summed E-state index contributed by atoms with van der Waals surface area (Å²) in [7, 11) is -3.61. The van der Waals surface area contributed by atoms with E-state index in [1.165, 1.54) is 0 Å². The highest BCUT2D eigenvalue weighted by Crippen LogP contribution is 2.36. The lowest BCUT2D eigenvalue weighted by Crippen LogP contribution is -2.64. The van der Waals surface area contributed by atoms with Crippen molar-refractivity contribution in [3.8, 4) is 0 Å². The van der Waals surface area contributed by atoms with E-state index in [0.717, 1.165) is 6.42 Å². The van der Waals surface area contributed by atoms with Crippen molar-refractivity contribution in [2.45, 2.75) is 63.9 Å². The maximum atomic E-state index is 12.4. The third-order valence-corrected chi connectivity index (χ3v) is 6.91. The molecule has 1 saturated heterocycles. The predicted molar refractivity (Wildman–Crippen MR) is 86.2 cm³/mol. The molecule has 1 aliphatic carbocycles. The molecular formula is C15H24N2O4S. The molecule has 124 valence electrons. The van der Waals surface area contributed by atoms with E-state index >= 15 is 0 Å². The topological polar surface area (TPSA) is 88.0 Å². The first-order valence-electron chi connectivity index (χ1n) is 7.36. The van der Waals surface area contributed by atoms with Gasteiger partial charge in [-0.05, 0) is 41.0 Å². The monoisotopic (exact) mass is 328 g/mol. The van der Waals surface area contributed by atoms with Crippen molar-refractivity contribution in [2.24, 2.45) is 4.99 Å². The molecule has 0 saturated carbocycles. The summed E-state index contributed by atoms with van der Waals surface area (Å²) in [4.78, 5) is 4.30. The Labute approximate surface area is 132 Å². The minimum Gasteiger partial charge on any atom is -0.512 e. The number of hydrogen-bond donors (Lipinski definition) is 2. The first-order chi connectivity index (χ1) is 9.98. The van der Waals surface area contributed by atoms with E-state index in [4.69, 9.17) is 4.74 Å². The van der Waals surface area contributed by atoms with Crippen LogP contribution in [0.15, 0.2) is 28.5 Å². The van der Waals surface area contributed by atoms with Crippen LogP contribution in [0.3, 0.4) is 0 Å².